The van der Waals surface area contributed by atoms with E-state index in [0.717, 1.165) is 24.9 Å². The molecule has 1 aliphatic heterocycles. The Bertz CT molecular complexity index is 1570. The van der Waals surface area contributed by atoms with Gasteiger partial charge in [0.1, 0.15) is 0 Å². The maximum atomic E-state index is 13.7. The standard InChI is InChI=1S/C24H26N8O2/c1-3-4-11-31-20-21(28-23(31)30-10-6-7-17(25)15-30)29(2)24(34)32(22(20)33)14-16-12-19-18(27-13-16)8-5-9-26-19/h5,8-9,12-13,17H,6-7,10-11,14-15,25H2,1-2H3. The second-order valence-electron chi connectivity index (χ2n) is 8.56. The molecule has 0 saturated carbocycles. The smallest absolute Gasteiger partial charge is 0.332 e. The molecule has 2 N–H and O–H groups in total. The molecule has 174 valence electrons. The first-order valence-corrected chi connectivity index (χ1v) is 11.3. The van der Waals surface area contributed by atoms with E-state index >= 15 is 0 Å². The van der Waals surface area contributed by atoms with E-state index in [4.69, 9.17) is 10.7 Å². The third-order valence-corrected chi connectivity index (χ3v) is 6.22. The van der Waals surface area contributed by atoms with Crippen LogP contribution >= 0.6 is 0 Å². The minimum Gasteiger partial charge on any atom is -0.341 e. The average Bonchev–Trinajstić information content (AvgIpc) is 3.23. The Morgan fingerprint density at radius 1 is 1.21 bits per heavy atom. The Hall–Kier alpha value is -3.97. The van der Waals surface area contributed by atoms with Crippen molar-refractivity contribution < 1.29 is 0 Å². The van der Waals surface area contributed by atoms with Crippen molar-refractivity contribution in [1.82, 2.24) is 28.7 Å². The van der Waals surface area contributed by atoms with Crippen molar-refractivity contribution in [2.75, 3.05) is 18.0 Å². The van der Waals surface area contributed by atoms with Crippen molar-refractivity contribution in [3.8, 4) is 11.8 Å². The SMILES string of the molecule is CC#CCn1c(N2CCCC(N)C2)nc2c1c(=O)n(Cc1cnc3cccnc3c1)c(=O)n2C. The lowest BCUT2D eigenvalue weighted by Gasteiger charge is -2.31. The largest absolute Gasteiger partial charge is 0.341 e. The van der Waals surface area contributed by atoms with Crippen molar-refractivity contribution in [2.45, 2.75) is 38.9 Å². The fraction of sp³-hybridized carbons (Fsp3) is 0.375. The van der Waals surface area contributed by atoms with E-state index in [-0.39, 0.29) is 12.6 Å². The van der Waals surface area contributed by atoms with Crippen LogP contribution in [0.4, 0.5) is 5.95 Å². The molecule has 34 heavy (non-hydrogen) atoms. The van der Waals surface area contributed by atoms with Crippen molar-refractivity contribution in [1.29, 1.82) is 0 Å². The lowest BCUT2D eigenvalue weighted by molar-refractivity contribution is 0.496. The lowest BCUT2D eigenvalue weighted by Crippen LogP contribution is -2.44. The molecule has 0 aromatic carbocycles. The summed E-state index contributed by atoms with van der Waals surface area (Å²) >= 11 is 0. The van der Waals surface area contributed by atoms with Crippen molar-refractivity contribution in [2.24, 2.45) is 12.8 Å². The quantitative estimate of drug-likeness (QED) is 0.450. The van der Waals surface area contributed by atoms with E-state index in [0.29, 0.717) is 41.3 Å². The highest BCUT2D eigenvalue weighted by Crippen LogP contribution is 2.23. The molecule has 1 unspecified atom stereocenters. The first kappa shape index (κ1) is 21.9. The van der Waals surface area contributed by atoms with Crippen molar-refractivity contribution >= 4 is 28.1 Å². The van der Waals surface area contributed by atoms with Crippen LogP contribution < -0.4 is 21.9 Å². The maximum Gasteiger partial charge on any atom is 0.332 e. The molecule has 0 amide bonds. The van der Waals surface area contributed by atoms with Gasteiger partial charge in [-0.05, 0) is 43.5 Å². The Labute approximate surface area is 195 Å². The van der Waals surface area contributed by atoms with Crippen LogP contribution in [-0.4, -0.2) is 47.8 Å². The number of hydrogen-bond acceptors (Lipinski definition) is 7. The summed E-state index contributed by atoms with van der Waals surface area (Å²) in [5.41, 5.74) is 8.23. The normalized spacial score (nSPS) is 16.1. The molecule has 1 fully saturated rings. The molecule has 1 atom stereocenters. The number of aryl methyl sites for hydroxylation is 1. The monoisotopic (exact) mass is 458 g/mol. The molecule has 10 nitrogen and oxygen atoms in total. The molecule has 0 bridgehead atoms. The highest BCUT2D eigenvalue weighted by Gasteiger charge is 2.26. The number of aromatic nitrogens is 6. The van der Waals surface area contributed by atoms with Gasteiger partial charge in [0.15, 0.2) is 11.2 Å². The number of rotatable bonds is 4. The summed E-state index contributed by atoms with van der Waals surface area (Å²) in [6, 6.07) is 5.56. The first-order valence-electron chi connectivity index (χ1n) is 11.3. The van der Waals surface area contributed by atoms with Crippen LogP contribution in [0.15, 0.2) is 40.2 Å². The van der Waals surface area contributed by atoms with E-state index in [9.17, 15) is 9.59 Å². The van der Waals surface area contributed by atoms with Gasteiger partial charge in [-0.3, -0.25) is 28.5 Å². The fourth-order valence-corrected chi connectivity index (χ4v) is 4.50. The number of pyridine rings is 2. The van der Waals surface area contributed by atoms with Gasteiger partial charge in [-0.1, -0.05) is 5.92 Å². The minimum atomic E-state index is -0.438. The fourth-order valence-electron chi connectivity index (χ4n) is 4.50. The number of anilines is 1. The van der Waals surface area contributed by atoms with Gasteiger partial charge in [-0.15, -0.1) is 5.92 Å². The molecular formula is C24H26N8O2. The number of hydrogen-bond donors (Lipinski definition) is 1. The van der Waals surface area contributed by atoms with Gasteiger partial charge in [0.25, 0.3) is 5.56 Å². The number of nitrogens with two attached hydrogens (primary N) is 1. The maximum absolute atomic E-state index is 13.7. The van der Waals surface area contributed by atoms with Crippen LogP contribution in [0.5, 0.6) is 0 Å². The second kappa shape index (κ2) is 8.76. The lowest BCUT2D eigenvalue weighted by atomic mass is 10.1. The van der Waals surface area contributed by atoms with Crippen LogP contribution in [0.25, 0.3) is 22.2 Å². The number of imidazole rings is 1. The van der Waals surface area contributed by atoms with Gasteiger partial charge < -0.3 is 10.6 Å². The summed E-state index contributed by atoms with van der Waals surface area (Å²) in [6.07, 6.45) is 5.24. The Balaban J connectivity index is 1.68. The zero-order valence-corrected chi connectivity index (χ0v) is 19.2. The van der Waals surface area contributed by atoms with Gasteiger partial charge in [-0.2, -0.15) is 4.98 Å². The molecule has 0 spiro atoms. The highest BCUT2D eigenvalue weighted by molar-refractivity contribution is 5.75. The molecular weight excluding hydrogens is 432 g/mol. The molecule has 1 aliphatic rings. The Kier molecular flexibility index (Phi) is 5.63. The topological polar surface area (TPSA) is 117 Å². The van der Waals surface area contributed by atoms with Crippen LogP contribution in [0.2, 0.25) is 0 Å². The van der Waals surface area contributed by atoms with Crippen LogP contribution in [0.3, 0.4) is 0 Å². The zero-order valence-electron chi connectivity index (χ0n) is 19.2. The van der Waals surface area contributed by atoms with Gasteiger partial charge in [-0.25, -0.2) is 4.79 Å². The predicted molar refractivity (Wildman–Crippen MR) is 131 cm³/mol. The van der Waals surface area contributed by atoms with E-state index in [1.807, 2.05) is 22.8 Å². The summed E-state index contributed by atoms with van der Waals surface area (Å²) < 4.78 is 4.45. The molecule has 0 aliphatic carbocycles. The predicted octanol–water partition coefficient (Wildman–Crippen LogP) is 0.839. The highest BCUT2D eigenvalue weighted by atomic mass is 16.2. The van der Waals surface area contributed by atoms with Gasteiger partial charge in [0, 0.05) is 38.6 Å². The van der Waals surface area contributed by atoms with Crippen LogP contribution in [-0.2, 0) is 20.1 Å². The van der Waals surface area contributed by atoms with Crippen LogP contribution in [0.1, 0.15) is 25.3 Å². The molecule has 4 aromatic heterocycles. The number of nitrogens with zero attached hydrogens (tertiary/aromatic N) is 7. The number of piperidine rings is 1. The summed E-state index contributed by atoms with van der Waals surface area (Å²) in [4.78, 5) is 42.4. The number of fused-ring (bicyclic) bond motifs is 2. The molecule has 4 aromatic rings. The third kappa shape index (κ3) is 3.74. The van der Waals surface area contributed by atoms with Gasteiger partial charge in [0.05, 0.1) is 24.1 Å². The van der Waals surface area contributed by atoms with E-state index in [2.05, 4.69) is 26.7 Å². The summed E-state index contributed by atoms with van der Waals surface area (Å²) in [6.45, 7) is 3.55. The summed E-state index contributed by atoms with van der Waals surface area (Å²) in [5.74, 6) is 6.56. The van der Waals surface area contributed by atoms with E-state index in [1.54, 1.807) is 26.4 Å². The van der Waals surface area contributed by atoms with E-state index in [1.165, 1.54) is 9.13 Å². The zero-order chi connectivity index (χ0) is 23.8. The Morgan fingerprint density at radius 3 is 2.85 bits per heavy atom. The molecule has 10 heteroatoms. The first-order chi connectivity index (χ1) is 16.5. The molecule has 5 rings (SSSR count). The van der Waals surface area contributed by atoms with Gasteiger partial charge >= 0.3 is 5.69 Å². The summed E-state index contributed by atoms with van der Waals surface area (Å²) in [7, 11) is 1.63. The van der Waals surface area contributed by atoms with E-state index < -0.39 is 11.2 Å². The summed E-state index contributed by atoms with van der Waals surface area (Å²) in [5, 5.41) is 0. The van der Waals surface area contributed by atoms with Gasteiger partial charge in [0.2, 0.25) is 5.95 Å². The molecule has 5 heterocycles. The van der Waals surface area contributed by atoms with Crippen molar-refractivity contribution in [3.63, 3.8) is 0 Å². The Morgan fingerprint density at radius 2 is 2.06 bits per heavy atom. The molecule has 0 radical (unpaired) electrons. The second-order valence-corrected chi connectivity index (χ2v) is 8.56. The average molecular weight is 459 g/mol. The minimum absolute atomic E-state index is 0.0359. The third-order valence-electron chi connectivity index (χ3n) is 6.22. The molecule has 1 saturated heterocycles. The van der Waals surface area contributed by atoms with Crippen molar-refractivity contribution in [3.05, 3.63) is 57.0 Å². The van der Waals surface area contributed by atoms with Crippen LogP contribution in [0, 0.1) is 11.8 Å².